The molecular weight excluding hydrogens is 400 g/mol. The maximum atomic E-state index is 12.1. The number of benzene rings is 1. The number of aromatic nitrogens is 4. The van der Waals surface area contributed by atoms with Crippen LogP contribution in [0.4, 0.5) is 5.69 Å². The average Bonchev–Trinajstić information content (AvgIpc) is 3.38. The first-order valence-corrected chi connectivity index (χ1v) is 9.55. The molecule has 29 heavy (non-hydrogen) atoms. The molecule has 1 fully saturated rings. The van der Waals surface area contributed by atoms with Gasteiger partial charge in [0.05, 0.1) is 23.1 Å². The number of aryl methyl sites for hydroxylation is 1. The molecule has 3 aromatic rings. The van der Waals surface area contributed by atoms with E-state index in [1.54, 1.807) is 0 Å². The van der Waals surface area contributed by atoms with Crippen molar-refractivity contribution in [2.75, 3.05) is 0 Å². The fourth-order valence-corrected chi connectivity index (χ4v) is 3.52. The highest BCUT2D eigenvalue weighted by Crippen LogP contribution is 2.35. The highest BCUT2D eigenvalue weighted by molar-refractivity contribution is 7.71. The van der Waals surface area contributed by atoms with Gasteiger partial charge < -0.3 is 9.73 Å². The quantitative estimate of drug-likeness (QED) is 0.324. The van der Waals surface area contributed by atoms with Gasteiger partial charge in [-0.05, 0) is 37.5 Å². The smallest absolute Gasteiger partial charge is 0.407 e. The summed E-state index contributed by atoms with van der Waals surface area (Å²) < 4.78 is 8.94. The molecule has 0 unspecified atom stereocenters. The monoisotopic (exact) mass is 418 g/mol. The molecule has 1 aromatic carbocycles. The Kier molecular flexibility index (Phi) is 5.01. The van der Waals surface area contributed by atoms with Crippen LogP contribution >= 0.6 is 12.2 Å². The van der Waals surface area contributed by atoms with Crippen molar-refractivity contribution < 1.29 is 14.1 Å². The van der Waals surface area contributed by atoms with Crippen LogP contribution in [0.3, 0.4) is 0 Å². The van der Waals surface area contributed by atoms with Gasteiger partial charge in [-0.1, -0.05) is 0 Å². The Morgan fingerprint density at radius 3 is 2.97 bits per heavy atom. The maximum Gasteiger partial charge on any atom is 0.419 e. The number of nitro benzene ring substituents is 1. The summed E-state index contributed by atoms with van der Waals surface area (Å²) in [6, 6.07) is 4.36. The van der Waals surface area contributed by atoms with Gasteiger partial charge in [-0.2, -0.15) is 5.10 Å². The Morgan fingerprint density at radius 2 is 2.24 bits per heavy atom. The van der Waals surface area contributed by atoms with Crippen LogP contribution in [0.1, 0.15) is 37.5 Å². The van der Waals surface area contributed by atoms with Crippen molar-refractivity contribution in [1.82, 2.24) is 24.6 Å². The fraction of sp³-hybridized carbons (Fsp3) is 0.412. The van der Waals surface area contributed by atoms with Crippen LogP contribution in [0.15, 0.2) is 27.4 Å². The Balaban J connectivity index is 1.34. The molecule has 1 aliphatic rings. The summed E-state index contributed by atoms with van der Waals surface area (Å²) in [7, 11) is 0. The van der Waals surface area contributed by atoms with Gasteiger partial charge in [-0.3, -0.25) is 29.1 Å². The van der Waals surface area contributed by atoms with E-state index in [1.807, 2.05) is 4.57 Å². The normalized spacial score (nSPS) is 13.7. The van der Waals surface area contributed by atoms with Crippen LogP contribution in [-0.2, 0) is 17.9 Å². The van der Waals surface area contributed by atoms with Gasteiger partial charge in [0.2, 0.25) is 5.91 Å². The number of hydrogen-bond donors (Lipinski definition) is 2. The van der Waals surface area contributed by atoms with Gasteiger partial charge in [0.25, 0.3) is 5.69 Å². The number of amides is 1. The Morgan fingerprint density at radius 1 is 1.45 bits per heavy atom. The third-order valence-electron chi connectivity index (χ3n) is 4.78. The SMILES string of the molecule is O=C(CCCn1c(=O)oc2cc([N+](=O)[O-])ccc21)NCc1n[nH]c(=S)n1C1CC1. The van der Waals surface area contributed by atoms with Crippen molar-refractivity contribution in [2.45, 2.75) is 44.8 Å². The Bertz CT molecular complexity index is 1200. The highest BCUT2D eigenvalue weighted by Gasteiger charge is 2.27. The molecule has 152 valence electrons. The lowest BCUT2D eigenvalue weighted by Crippen LogP contribution is -2.25. The predicted octanol–water partition coefficient (Wildman–Crippen LogP) is 2.19. The minimum absolute atomic E-state index is 0.150. The lowest BCUT2D eigenvalue weighted by atomic mass is 10.2. The molecule has 0 aliphatic heterocycles. The molecule has 2 N–H and O–H groups in total. The molecule has 0 radical (unpaired) electrons. The summed E-state index contributed by atoms with van der Waals surface area (Å²) in [6.45, 7) is 0.540. The summed E-state index contributed by atoms with van der Waals surface area (Å²) in [5.41, 5.74) is 0.458. The summed E-state index contributed by atoms with van der Waals surface area (Å²) in [5, 5.41) is 20.6. The molecule has 2 aromatic heterocycles. The zero-order valence-corrected chi connectivity index (χ0v) is 16.1. The van der Waals surface area contributed by atoms with Gasteiger partial charge in [0.15, 0.2) is 16.2 Å². The van der Waals surface area contributed by atoms with Crippen molar-refractivity contribution in [1.29, 1.82) is 0 Å². The van der Waals surface area contributed by atoms with E-state index in [9.17, 15) is 19.7 Å². The minimum Gasteiger partial charge on any atom is -0.407 e. The fourth-order valence-electron chi connectivity index (χ4n) is 3.22. The second-order valence-electron chi connectivity index (χ2n) is 6.86. The molecule has 1 amide bonds. The molecule has 0 atom stereocenters. The molecule has 0 saturated heterocycles. The first kappa shape index (κ1) is 19.1. The van der Waals surface area contributed by atoms with Gasteiger partial charge in [-0.25, -0.2) is 4.79 Å². The predicted molar refractivity (Wildman–Crippen MR) is 104 cm³/mol. The molecule has 1 aliphatic carbocycles. The molecule has 11 nitrogen and oxygen atoms in total. The first-order chi connectivity index (χ1) is 13.9. The van der Waals surface area contributed by atoms with Crippen molar-refractivity contribution in [3.8, 4) is 0 Å². The molecule has 0 spiro atoms. The summed E-state index contributed by atoms with van der Waals surface area (Å²) in [6.07, 6.45) is 2.74. The molecule has 12 heteroatoms. The number of carbonyl (C=O) groups is 1. The van der Waals surface area contributed by atoms with E-state index in [0.29, 0.717) is 28.6 Å². The van der Waals surface area contributed by atoms with E-state index in [0.717, 1.165) is 12.8 Å². The van der Waals surface area contributed by atoms with Crippen molar-refractivity contribution in [2.24, 2.45) is 0 Å². The third kappa shape index (κ3) is 3.97. The van der Waals surface area contributed by atoms with Gasteiger partial charge >= 0.3 is 5.76 Å². The summed E-state index contributed by atoms with van der Waals surface area (Å²) in [5.74, 6) is -0.0804. The second kappa shape index (κ2) is 7.62. The molecule has 0 bridgehead atoms. The van der Waals surface area contributed by atoms with Crippen molar-refractivity contribution >= 4 is 34.9 Å². The van der Waals surface area contributed by atoms with Crippen LogP contribution in [0, 0.1) is 14.9 Å². The Labute approximate surface area is 168 Å². The van der Waals surface area contributed by atoms with E-state index in [2.05, 4.69) is 15.5 Å². The van der Waals surface area contributed by atoms with Crippen LogP contribution in [0.2, 0.25) is 0 Å². The number of hydrogen-bond acceptors (Lipinski definition) is 7. The molecule has 4 rings (SSSR count). The lowest BCUT2D eigenvalue weighted by Gasteiger charge is -2.07. The van der Waals surface area contributed by atoms with E-state index in [1.165, 1.54) is 22.8 Å². The average molecular weight is 418 g/mol. The largest absolute Gasteiger partial charge is 0.419 e. The molecular formula is C17H18N6O5S. The number of oxazole rings is 1. The van der Waals surface area contributed by atoms with E-state index >= 15 is 0 Å². The van der Waals surface area contributed by atoms with E-state index in [-0.39, 0.29) is 36.7 Å². The van der Waals surface area contributed by atoms with Gasteiger partial charge in [0, 0.05) is 25.1 Å². The van der Waals surface area contributed by atoms with Crippen LogP contribution in [0.5, 0.6) is 0 Å². The molecule has 2 heterocycles. The number of H-pyrrole nitrogens is 1. The lowest BCUT2D eigenvalue weighted by molar-refractivity contribution is -0.384. The number of aromatic amines is 1. The van der Waals surface area contributed by atoms with Crippen LogP contribution in [0.25, 0.3) is 11.1 Å². The van der Waals surface area contributed by atoms with E-state index < -0.39 is 10.7 Å². The van der Waals surface area contributed by atoms with Crippen LogP contribution < -0.4 is 11.1 Å². The van der Waals surface area contributed by atoms with Crippen molar-refractivity contribution in [3.05, 3.63) is 49.5 Å². The van der Waals surface area contributed by atoms with E-state index in [4.69, 9.17) is 16.6 Å². The number of nitro groups is 1. The standard InChI is InChI=1S/C17H18N6O5S/c24-15(18-9-14-19-20-16(29)22(14)10-3-4-10)2-1-7-21-12-6-5-11(23(26)27)8-13(12)28-17(21)25/h5-6,8,10H,1-4,7,9H2,(H,18,24)(H,20,29). The van der Waals surface area contributed by atoms with Gasteiger partial charge in [-0.15, -0.1) is 0 Å². The number of rotatable bonds is 8. The number of nitrogens with one attached hydrogen (secondary N) is 2. The number of nitrogens with zero attached hydrogens (tertiary/aromatic N) is 4. The maximum absolute atomic E-state index is 12.1. The summed E-state index contributed by atoms with van der Waals surface area (Å²) in [4.78, 5) is 34.4. The number of non-ortho nitro benzene ring substituents is 1. The minimum atomic E-state index is -0.610. The van der Waals surface area contributed by atoms with Crippen LogP contribution in [-0.4, -0.2) is 30.2 Å². The zero-order valence-electron chi connectivity index (χ0n) is 15.3. The molecule has 1 saturated carbocycles. The highest BCUT2D eigenvalue weighted by atomic mass is 32.1. The zero-order chi connectivity index (χ0) is 20.5. The summed E-state index contributed by atoms with van der Waals surface area (Å²) >= 11 is 5.21. The number of carbonyl (C=O) groups excluding carboxylic acids is 1. The Hall–Kier alpha value is -3.28. The second-order valence-corrected chi connectivity index (χ2v) is 7.24. The third-order valence-corrected chi connectivity index (χ3v) is 5.07. The van der Waals surface area contributed by atoms with Gasteiger partial charge in [0.1, 0.15) is 0 Å². The topological polar surface area (TPSA) is 141 Å². The number of fused-ring (bicyclic) bond motifs is 1. The first-order valence-electron chi connectivity index (χ1n) is 9.14. The van der Waals surface area contributed by atoms with Crippen molar-refractivity contribution in [3.63, 3.8) is 0 Å².